The fourth-order valence-electron chi connectivity index (χ4n) is 3.17. The fourth-order valence-corrected chi connectivity index (χ4v) is 3.43. The fraction of sp³-hybridized carbons (Fsp3) is 0.438. The Hall–Kier alpha value is -1.43. The van der Waals surface area contributed by atoms with Crippen LogP contribution in [0.1, 0.15) is 17.2 Å². The summed E-state index contributed by atoms with van der Waals surface area (Å²) < 4.78 is 15.8. The number of likely N-dealkylation sites (tertiary alicyclic amines) is 1. The van der Waals surface area contributed by atoms with Crippen LogP contribution in [0.15, 0.2) is 30.7 Å². The lowest BCUT2D eigenvalue weighted by atomic mass is 10.0. The van der Waals surface area contributed by atoms with Crippen LogP contribution >= 0.6 is 11.6 Å². The number of hydrogen-bond acceptors (Lipinski definition) is 3. The van der Waals surface area contributed by atoms with Gasteiger partial charge in [0.1, 0.15) is 5.82 Å². The van der Waals surface area contributed by atoms with Crippen LogP contribution in [0.2, 0.25) is 5.02 Å². The molecule has 0 bridgehead atoms. The van der Waals surface area contributed by atoms with Crippen LogP contribution in [0.5, 0.6) is 0 Å². The van der Waals surface area contributed by atoms with Gasteiger partial charge >= 0.3 is 0 Å². The number of benzene rings is 1. The van der Waals surface area contributed by atoms with Gasteiger partial charge in [0.05, 0.1) is 6.33 Å². The van der Waals surface area contributed by atoms with Crippen LogP contribution in [0.3, 0.4) is 0 Å². The van der Waals surface area contributed by atoms with Gasteiger partial charge in [-0.3, -0.25) is 0 Å². The zero-order valence-electron chi connectivity index (χ0n) is 12.5. The first-order valence-corrected chi connectivity index (χ1v) is 7.81. The average molecular weight is 323 g/mol. The monoisotopic (exact) mass is 322 g/mol. The highest BCUT2D eigenvalue weighted by Crippen LogP contribution is 2.27. The molecule has 4 nitrogen and oxygen atoms in total. The first-order valence-electron chi connectivity index (χ1n) is 7.43. The summed E-state index contributed by atoms with van der Waals surface area (Å²) in [4.78, 5) is 6.43. The van der Waals surface area contributed by atoms with E-state index in [1.165, 1.54) is 6.07 Å². The lowest BCUT2D eigenvalue weighted by Crippen LogP contribution is -2.30. The van der Waals surface area contributed by atoms with Crippen LogP contribution in [-0.2, 0) is 13.5 Å². The highest BCUT2D eigenvalue weighted by atomic mass is 35.5. The highest BCUT2D eigenvalue weighted by molar-refractivity contribution is 6.31. The van der Waals surface area contributed by atoms with E-state index in [1.807, 2.05) is 17.8 Å². The second kappa shape index (κ2) is 6.36. The van der Waals surface area contributed by atoms with Gasteiger partial charge in [-0.05, 0) is 18.6 Å². The molecule has 0 radical (unpaired) electrons. The Labute approximate surface area is 134 Å². The number of aromatic nitrogens is 2. The van der Waals surface area contributed by atoms with Gasteiger partial charge in [0.15, 0.2) is 0 Å². The maximum Gasteiger partial charge on any atom is 0.127 e. The van der Waals surface area contributed by atoms with Crippen molar-refractivity contribution in [1.29, 1.82) is 0 Å². The molecule has 0 amide bonds. The number of halogens is 2. The molecule has 1 saturated heterocycles. The topological polar surface area (TPSA) is 47.1 Å². The van der Waals surface area contributed by atoms with E-state index in [2.05, 4.69) is 9.88 Å². The summed E-state index contributed by atoms with van der Waals surface area (Å²) in [7, 11) is 1.98. The van der Waals surface area contributed by atoms with Crippen molar-refractivity contribution in [2.45, 2.75) is 18.4 Å². The number of aryl methyl sites for hydroxylation is 1. The molecule has 0 saturated carbocycles. The van der Waals surface area contributed by atoms with Crippen LogP contribution in [-0.4, -0.2) is 40.1 Å². The minimum absolute atomic E-state index is 0.0755. The second-order valence-corrected chi connectivity index (χ2v) is 6.32. The van der Waals surface area contributed by atoms with Gasteiger partial charge in [-0.1, -0.05) is 17.7 Å². The predicted octanol–water partition coefficient (Wildman–Crippen LogP) is 2.18. The molecule has 2 N–H and O–H groups in total. The number of rotatable bonds is 4. The predicted molar refractivity (Wildman–Crippen MR) is 85.5 cm³/mol. The Morgan fingerprint density at radius 2 is 2.23 bits per heavy atom. The number of hydrogen-bond donors (Lipinski definition) is 1. The Morgan fingerprint density at radius 1 is 1.41 bits per heavy atom. The molecule has 1 aromatic carbocycles. The van der Waals surface area contributed by atoms with E-state index in [4.69, 9.17) is 17.3 Å². The van der Waals surface area contributed by atoms with E-state index in [0.717, 1.165) is 25.3 Å². The number of nitrogens with two attached hydrogens (primary N) is 1. The summed E-state index contributed by atoms with van der Waals surface area (Å²) in [6.45, 7) is 2.43. The van der Waals surface area contributed by atoms with Crippen molar-refractivity contribution in [3.05, 3.63) is 52.8 Å². The maximum absolute atomic E-state index is 13.8. The largest absolute Gasteiger partial charge is 0.337 e. The molecule has 0 aliphatic carbocycles. The van der Waals surface area contributed by atoms with E-state index in [1.54, 1.807) is 18.5 Å². The molecule has 3 rings (SSSR count). The van der Waals surface area contributed by atoms with E-state index < -0.39 is 0 Å². The molecule has 1 fully saturated rings. The zero-order valence-corrected chi connectivity index (χ0v) is 13.3. The zero-order chi connectivity index (χ0) is 15.7. The maximum atomic E-state index is 13.8. The van der Waals surface area contributed by atoms with E-state index in [0.29, 0.717) is 17.0 Å². The SMILES string of the molecule is Cn1cncc1[C@@H]1CN(CCc2c(F)cccc2Cl)C[C@H]1N. The molecule has 2 aromatic rings. The molecule has 1 aliphatic rings. The van der Waals surface area contributed by atoms with Gasteiger partial charge < -0.3 is 15.2 Å². The van der Waals surface area contributed by atoms with Crippen LogP contribution < -0.4 is 5.73 Å². The van der Waals surface area contributed by atoms with Crippen molar-refractivity contribution >= 4 is 11.6 Å². The Balaban J connectivity index is 1.65. The third-order valence-electron chi connectivity index (χ3n) is 4.41. The minimum atomic E-state index is -0.237. The van der Waals surface area contributed by atoms with Gasteiger partial charge in [-0.15, -0.1) is 0 Å². The van der Waals surface area contributed by atoms with E-state index >= 15 is 0 Å². The summed E-state index contributed by atoms with van der Waals surface area (Å²) in [5, 5.41) is 0.492. The lowest BCUT2D eigenvalue weighted by molar-refractivity contribution is 0.333. The van der Waals surface area contributed by atoms with E-state index in [9.17, 15) is 4.39 Å². The first-order chi connectivity index (χ1) is 10.6. The van der Waals surface area contributed by atoms with Gasteiger partial charge in [-0.25, -0.2) is 9.37 Å². The standard InChI is InChI=1S/C16H20ClFN4/c1-21-10-20-7-16(21)12-8-22(9-15(12)19)6-5-11-13(17)3-2-4-14(11)18/h2-4,7,10,12,15H,5-6,8-9,19H2,1H3/t12-,15-/m1/s1. The summed E-state index contributed by atoms with van der Waals surface area (Å²) in [5.41, 5.74) is 8.01. The van der Waals surface area contributed by atoms with Crippen LogP contribution in [0.4, 0.5) is 4.39 Å². The second-order valence-electron chi connectivity index (χ2n) is 5.91. The highest BCUT2D eigenvalue weighted by Gasteiger charge is 2.32. The molecule has 0 unspecified atom stereocenters. The third-order valence-corrected chi connectivity index (χ3v) is 4.77. The molecule has 118 valence electrons. The lowest BCUT2D eigenvalue weighted by Gasteiger charge is -2.16. The van der Waals surface area contributed by atoms with Gasteiger partial charge in [-0.2, -0.15) is 0 Å². The molecule has 1 aromatic heterocycles. The van der Waals surface area contributed by atoms with Gasteiger partial charge in [0.2, 0.25) is 0 Å². The van der Waals surface area contributed by atoms with Gasteiger partial charge in [0, 0.05) is 61.1 Å². The van der Waals surface area contributed by atoms with Crippen molar-refractivity contribution in [3.63, 3.8) is 0 Å². The number of imidazole rings is 1. The normalized spacial score (nSPS) is 22.4. The molecule has 6 heteroatoms. The third kappa shape index (κ3) is 3.02. The average Bonchev–Trinajstić information content (AvgIpc) is 3.04. The van der Waals surface area contributed by atoms with Crippen LogP contribution in [0, 0.1) is 5.82 Å². The Bertz CT molecular complexity index is 637. The summed E-state index contributed by atoms with van der Waals surface area (Å²) in [6, 6.07) is 4.89. The molecule has 22 heavy (non-hydrogen) atoms. The van der Waals surface area contributed by atoms with Crippen molar-refractivity contribution in [3.8, 4) is 0 Å². The van der Waals surface area contributed by atoms with Crippen molar-refractivity contribution in [2.75, 3.05) is 19.6 Å². The molecular weight excluding hydrogens is 303 g/mol. The molecule has 0 spiro atoms. The quantitative estimate of drug-likeness (QED) is 0.938. The summed E-state index contributed by atoms with van der Waals surface area (Å²) in [6.07, 6.45) is 4.27. The van der Waals surface area contributed by atoms with Crippen molar-refractivity contribution in [1.82, 2.24) is 14.5 Å². The molecular formula is C16H20ClFN4. The van der Waals surface area contributed by atoms with Crippen molar-refractivity contribution < 1.29 is 4.39 Å². The smallest absolute Gasteiger partial charge is 0.127 e. The Kier molecular flexibility index (Phi) is 4.47. The minimum Gasteiger partial charge on any atom is -0.337 e. The molecule has 1 aliphatic heterocycles. The summed E-state index contributed by atoms with van der Waals surface area (Å²) >= 11 is 6.08. The van der Waals surface area contributed by atoms with Crippen molar-refractivity contribution in [2.24, 2.45) is 12.8 Å². The number of nitrogens with zero attached hydrogens (tertiary/aromatic N) is 3. The van der Waals surface area contributed by atoms with E-state index in [-0.39, 0.29) is 17.8 Å². The van der Waals surface area contributed by atoms with Crippen LogP contribution in [0.25, 0.3) is 0 Å². The molecule has 2 atom stereocenters. The first kappa shape index (κ1) is 15.5. The summed E-state index contributed by atoms with van der Waals surface area (Å²) in [5.74, 6) is 0.0303. The molecule has 2 heterocycles. The Morgan fingerprint density at radius 3 is 2.91 bits per heavy atom. The van der Waals surface area contributed by atoms with Gasteiger partial charge in [0.25, 0.3) is 0 Å².